The van der Waals surface area contributed by atoms with E-state index in [1.165, 1.54) is 18.2 Å². The van der Waals surface area contributed by atoms with Gasteiger partial charge in [0.1, 0.15) is 11.6 Å². The topological polar surface area (TPSA) is 0 Å². The molecule has 15 heavy (non-hydrogen) atoms. The molecule has 0 saturated carbocycles. The second-order valence-corrected chi connectivity index (χ2v) is 3.65. The van der Waals surface area contributed by atoms with Crippen molar-refractivity contribution < 1.29 is 8.78 Å². The summed E-state index contributed by atoms with van der Waals surface area (Å²) in [5.74, 6) is -1.07. The van der Waals surface area contributed by atoms with Crippen LogP contribution in [0, 0.1) is 11.6 Å². The summed E-state index contributed by atoms with van der Waals surface area (Å²) in [4.78, 5) is 0. The molecule has 0 N–H and O–H groups in total. The number of benzene rings is 2. The number of rotatable bonds is 0. The molecule has 0 nitrogen and oxygen atoms in total. The van der Waals surface area contributed by atoms with Crippen LogP contribution in [-0.4, -0.2) is 0 Å². The van der Waals surface area contributed by atoms with Crippen molar-refractivity contribution in [2.24, 2.45) is 0 Å². The summed E-state index contributed by atoms with van der Waals surface area (Å²) in [6, 6.07) is 14.5. The fourth-order valence-corrected chi connectivity index (χ4v) is 1.18. The van der Waals surface area contributed by atoms with Gasteiger partial charge in [-0.25, -0.2) is 8.78 Å². The highest BCUT2D eigenvalue weighted by molar-refractivity contribution is 9.10. The van der Waals surface area contributed by atoms with E-state index in [1.807, 2.05) is 30.3 Å². The molecule has 0 aromatic heterocycles. The second kappa shape index (κ2) is 6.30. The molecule has 0 heterocycles. The summed E-state index contributed by atoms with van der Waals surface area (Å²) in [6.45, 7) is 0. The molecule has 0 saturated heterocycles. The minimum absolute atomic E-state index is 0.537. The average Bonchev–Trinajstić information content (AvgIpc) is 2.19. The smallest absolute Gasteiger partial charge is 0.126 e. The first kappa shape index (κ1) is 11.9. The normalized spacial score (nSPS) is 9.00. The quantitative estimate of drug-likeness (QED) is 0.665. The highest BCUT2D eigenvalue weighted by Crippen LogP contribution is 2.05. The van der Waals surface area contributed by atoms with Crippen LogP contribution >= 0.6 is 15.9 Å². The fraction of sp³-hybridized carbons (Fsp3) is 0. The first-order valence-corrected chi connectivity index (χ1v) is 5.09. The Labute approximate surface area is 95.7 Å². The fourth-order valence-electron chi connectivity index (χ4n) is 0.875. The molecule has 78 valence electrons. The van der Waals surface area contributed by atoms with Crippen molar-refractivity contribution in [1.29, 1.82) is 0 Å². The predicted molar refractivity (Wildman–Crippen MR) is 60.5 cm³/mol. The molecule has 0 fully saturated rings. The van der Waals surface area contributed by atoms with Crippen molar-refractivity contribution in [3.63, 3.8) is 0 Å². The largest absolute Gasteiger partial charge is 0.207 e. The van der Waals surface area contributed by atoms with Crippen molar-refractivity contribution in [3.05, 3.63) is 70.7 Å². The van der Waals surface area contributed by atoms with Gasteiger partial charge < -0.3 is 0 Å². The molecule has 0 bridgehead atoms. The maximum atomic E-state index is 11.9. The van der Waals surface area contributed by atoms with Crippen molar-refractivity contribution in [2.45, 2.75) is 0 Å². The van der Waals surface area contributed by atoms with E-state index in [0.717, 1.165) is 10.5 Å². The lowest BCUT2D eigenvalue weighted by atomic mass is 10.3. The van der Waals surface area contributed by atoms with E-state index in [9.17, 15) is 8.78 Å². The minimum Gasteiger partial charge on any atom is -0.207 e. The Bertz CT molecular complexity index is 384. The number of hydrogen-bond acceptors (Lipinski definition) is 0. The Hall–Kier alpha value is -1.22. The molecule has 2 aromatic rings. The molecule has 2 aromatic carbocycles. The third-order valence-electron chi connectivity index (χ3n) is 1.52. The summed E-state index contributed by atoms with van der Waals surface area (Å²) in [5, 5.41) is 0. The summed E-state index contributed by atoms with van der Waals surface area (Å²) in [7, 11) is 0. The molecule has 0 spiro atoms. The number of hydrogen-bond donors (Lipinski definition) is 0. The molecule has 0 radical (unpaired) electrons. The van der Waals surface area contributed by atoms with Gasteiger partial charge in [0.25, 0.3) is 0 Å². The summed E-state index contributed by atoms with van der Waals surface area (Å²) < 4.78 is 25.0. The molecule has 2 rings (SSSR count). The van der Waals surface area contributed by atoms with Crippen molar-refractivity contribution in [1.82, 2.24) is 0 Å². The van der Waals surface area contributed by atoms with E-state index < -0.39 is 11.6 Å². The van der Waals surface area contributed by atoms with Crippen LogP contribution in [0.3, 0.4) is 0 Å². The van der Waals surface area contributed by atoms with Crippen LogP contribution in [0.4, 0.5) is 8.78 Å². The molecule has 0 atom stereocenters. The Morgan fingerprint density at radius 1 is 0.733 bits per heavy atom. The summed E-state index contributed by atoms with van der Waals surface area (Å²) >= 11 is 3.31. The van der Waals surface area contributed by atoms with Gasteiger partial charge in [-0.05, 0) is 24.3 Å². The van der Waals surface area contributed by atoms with E-state index in [2.05, 4.69) is 15.9 Å². The second-order valence-electron chi connectivity index (χ2n) is 2.74. The van der Waals surface area contributed by atoms with Crippen LogP contribution in [0.15, 0.2) is 59.1 Å². The lowest BCUT2D eigenvalue weighted by Crippen LogP contribution is -1.73. The molecule has 0 aliphatic heterocycles. The van der Waals surface area contributed by atoms with E-state index in [-0.39, 0.29) is 0 Å². The number of halogens is 3. The van der Waals surface area contributed by atoms with Crippen molar-refractivity contribution >= 4 is 15.9 Å². The van der Waals surface area contributed by atoms with Crippen molar-refractivity contribution in [2.75, 3.05) is 0 Å². The average molecular weight is 271 g/mol. The molecule has 0 aliphatic carbocycles. The van der Waals surface area contributed by atoms with Gasteiger partial charge in [-0.1, -0.05) is 40.2 Å². The van der Waals surface area contributed by atoms with Crippen LogP contribution in [-0.2, 0) is 0 Å². The van der Waals surface area contributed by atoms with Crippen LogP contribution < -0.4 is 0 Å². The summed E-state index contributed by atoms with van der Waals surface area (Å²) in [6.07, 6.45) is 0. The van der Waals surface area contributed by atoms with Crippen LogP contribution in [0.25, 0.3) is 0 Å². The summed E-state index contributed by atoms with van der Waals surface area (Å²) in [5.41, 5.74) is 0. The maximum Gasteiger partial charge on any atom is 0.126 e. The van der Waals surface area contributed by atoms with Gasteiger partial charge in [-0.2, -0.15) is 0 Å². The van der Waals surface area contributed by atoms with Gasteiger partial charge in [-0.15, -0.1) is 0 Å². The van der Waals surface area contributed by atoms with Crippen LogP contribution in [0.1, 0.15) is 0 Å². The molecule has 0 aliphatic rings. The molecule has 0 amide bonds. The van der Waals surface area contributed by atoms with Crippen LogP contribution in [0.2, 0.25) is 0 Å². The predicted octanol–water partition coefficient (Wildman–Crippen LogP) is 4.41. The van der Waals surface area contributed by atoms with Crippen LogP contribution in [0.5, 0.6) is 0 Å². The zero-order valence-corrected chi connectivity index (χ0v) is 9.42. The molecular weight excluding hydrogens is 262 g/mol. The van der Waals surface area contributed by atoms with Gasteiger partial charge in [0, 0.05) is 10.5 Å². The van der Waals surface area contributed by atoms with E-state index >= 15 is 0 Å². The molecule has 0 unspecified atom stereocenters. The Balaban J connectivity index is 0.000000151. The zero-order chi connectivity index (χ0) is 11.1. The van der Waals surface area contributed by atoms with E-state index in [1.54, 1.807) is 0 Å². The maximum absolute atomic E-state index is 11.9. The van der Waals surface area contributed by atoms with Gasteiger partial charge in [0.05, 0.1) is 0 Å². The van der Waals surface area contributed by atoms with E-state index in [0.29, 0.717) is 0 Å². The lowest BCUT2D eigenvalue weighted by Gasteiger charge is -1.84. The highest BCUT2D eigenvalue weighted by Gasteiger charge is 1.88. The first-order chi connectivity index (χ1) is 7.18. The standard InChI is InChI=1S/C6H5Br.C6H4F2/c7-6-4-2-1-3-5-6;7-5-2-1-3-6(8)4-5/h1-5H;1-4H. The van der Waals surface area contributed by atoms with Gasteiger partial charge in [0.15, 0.2) is 0 Å². The highest BCUT2D eigenvalue weighted by atomic mass is 79.9. The van der Waals surface area contributed by atoms with Gasteiger partial charge >= 0.3 is 0 Å². The van der Waals surface area contributed by atoms with Gasteiger partial charge in [0.2, 0.25) is 0 Å². The Kier molecular flexibility index (Phi) is 4.98. The monoisotopic (exact) mass is 270 g/mol. The minimum atomic E-state index is -0.537. The SMILES string of the molecule is Brc1ccccc1.Fc1cccc(F)c1. The van der Waals surface area contributed by atoms with Gasteiger partial charge in [-0.3, -0.25) is 0 Å². The molecular formula is C12H9BrF2. The lowest BCUT2D eigenvalue weighted by molar-refractivity contribution is 0.583. The Morgan fingerprint density at radius 3 is 1.53 bits per heavy atom. The first-order valence-electron chi connectivity index (χ1n) is 4.30. The third kappa shape index (κ3) is 5.27. The third-order valence-corrected chi connectivity index (χ3v) is 2.05. The molecule has 3 heteroatoms. The van der Waals surface area contributed by atoms with E-state index in [4.69, 9.17) is 0 Å². The Morgan fingerprint density at radius 2 is 1.27 bits per heavy atom. The van der Waals surface area contributed by atoms with Crippen molar-refractivity contribution in [3.8, 4) is 0 Å². The zero-order valence-electron chi connectivity index (χ0n) is 7.83.